The molecule has 116 valence electrons. The molecule has 1 aromatic rings. The standard InChI is InChI=1S/C13H21N5O3/c1-9-11(18(19)20)12(17-13(14-2)16-9)15-7-6-10-5-3-4-8-21-10/h10H,3-8H2,1-2H3,(H2,14,15,16,17). The average Bonchev–Trinajstić information content (AvgIpc) is 2.47. The fourth-order valence-corrected chi connectivity index (χ4v) is 2.41. The molecule has 0 bridgehead atoms. The number of hydrogen-bond acceptors (Lipinski definition) is 7. The van der Waals surface area contributed by atoms with Gasteiger partial charge < -0.3 is 15.4 Å². The van der Waals surface area contributed by atoms with Crippen molar-refractivity contribution >= 4 is 17.5 Å². The molecule has 0 spiro atoms. The molecule has 0 radical (unpaired) electrons. The van der Waals surface area contributed by atoms with Gasteiger partial charge in [0.2, 0.25) is 11.8 Å². The Morgan fingerprint density at radius 3 is 2.86 bits per heavy atom. The van der Waals surface area contributed by atoms with Gasteiger partial charge in [-0.05, 0) is 32.6 Å². The Hall–Kier alpha value is -1.96. The summed E-state index contributed by atoms with van der Waals surface area (Å²) in [6.07, 6.45) is 4.40. The molecular weight excluding hydrogens is 274 g/mol. The summed E-state index contributed by atoms with van der Waals surface area (Å²) in [6.45, 7) is 3.00. The Balaban J connectivity index is 2.03. The van der Waals surface area contributed by atoms with Crippen LogP contribution in [0.25, 0.3) is 0 Å². The van der Waals surface area contributed by atoms with Crippen LogP contribution >= 0.6 is 0 Å². The molecule has 1 unspecified atom stereocenters. The first-order valence-corrected chi connectivity index (χ1v) is 7.18. The summed E-state index contributed by atoms with van der Waals surface area (Å²) in [5.74, 6) is 0.627. The summed E-state index contributed by atoms with van der Waals surface area (Å²) >= 11 is 0. The van der Waals surface area contributed by atoms with Gasteiger partial charge >= 0.3 is 5.69 Å². The number of rotatable bonds is 6. The van der Waals surface area contributed by atoms with Crippen LogP contribution in [0.1, 0.15) is 31.4 Å². The predicted octanol–water partition coefficient (Wildman–Crippen LogP) is 2.11. The van der Waals surface area contributed by atoms with Crippen LogP contribution in [0.5, 0.6) is 0 Å². The van der Waals surface area contributed by atoms with Gasteiger partial charge in [-0.1, -0.05) is 0 Å². The molecule has 2 N–H and O–H groups in total. The highest BCUT2D eigenvalue weighted by atomic mass is 16.6. The van der Waals surface area contributed by atoms with Crippen LogP contribution in [0.4, 0.5) is 17.5 Å². The topological polar surface area (TPSA) is 102 Å². The van der Waals surface area contributed by atoms with Crippen molar-refractivity contribution in [2.45, 2.75) is 38.7 Å². The number of hydrogen-bond donors (Lipinski definition) is 2. The molecule has 21 heavy (non-hydrogen) atoms. The van der Waals surface area contributed by atoms with Crippen molar-refractivity contribution in [2.24, 2.45) is 0 Å². The van der Waals surface area contributed by atoms with Crippen molar-refractivity contribution in [3.8, 4) is 0 Å². The highest BCUT2D eigenvalue weighted by Gasteiger charge is 2.22. The number of aryl methyl sites for hydroxylation is 1. The average molecular weight is 295 g/mol. The maximum absolute atomic E-state index is 11.1. The van der Waals surface area contributed by atoms with Crippen LogP contribution in [0.2, 0.25) is 0 Å². The first-order valence-electron chi connectivity index (χ1n) is 7.18. The van der Waals surface area contributed by atoms with Crippen LogP contribution < -0.4 is 10.6 Å². The van der Waals surface area contributed by atoms with Crippen molar-refractivity contribution in [3.63, 3.8) is 0 Å². The van der Waals surface area contributed by atoms with E-state index in [9.17, 15) is 10.1 Å². The largest absolute Gasteiger partial charge is 0.378 e. The number of ether oxygens (including phenoxy) is 1. The zero-order valence-corrected chi connectivity index (χ0v) is 12.4. The van der Waals surface area contributed by atoms with Gasteiger partial charge in [0, 0.05) is 20.2 Å². The van der Waals surface area contributed by atoms with Crippen LogP contribution in [-0.4, -0.2) is 41.2 Å². The van der Waals surface area contributed by atoms with Crippen LogP contribution in [-0.2, 0) is 4.74 Å². The second-order valence-electron chi connectivity index (χ2n) is 5.04. The van der Waals surface area contributed by atoms with Crippen LogP contribution in [0, 0.1) is 17.0 Å². The van der Waals surface area contributed by atoms with Gasteiger partial charge in [-0.2, -0.15) is 4.98 Å². The second-order valence-corrected chi connectivity index (χ2v) is 5.04. The number of nitro groups is 1. The summed E-state index contributed by atoms with van der Waals surface area (Å²) in [5, 5.41) is 17.0. The molecule has 1 saturated heterocycles. The van der Waals surface area contributed by atoms with Crippen molar-refractivity contribution in [1.29, 1.82) is 0 Å². The SMILES string of the molecule is CNc1nc(C)c([N+](=O)[O-])c(NCCC2CCCCO2)n1. The molecule has 0 saturated carbocycles. The van der Waals surface area contributed by atoms with Crippen molar-refractivity contribution < 1.29 is 9.66 Å². The fourth-order valence-electron chi connectivity index (χ4n) is 2.41. The molecule has 0 aromatic carbocycles. The minimum Gasteiger partial charge on any atom is -0.378 e. The van der Waals surface area contributed by atoms with Gasteiger partial charge in [0.05, 0.1) is 11.0 Å². The molecule has 2 rings (SSSR count). The van der Waals surface area contributed by atoms with Gasteiger partial charge in [-0.15, -0.1) is 0 Å². The molecule has 1 aliphatic heterocycles. The number of nitrogens with one attached hydrogen (secondary N) is 2. The molecular formula is C13H21N5O3. The Morgan fingerprint density at radius 2 is 2.24 bits per heavy atom. The Kier molecular flexibility index (Phi) is 5.26. The summed E-state index contributed by atoms with van der Waals surface area (Å²) < 4.78 is 5.64. The zero-order chi connectivity index (χ0) is 15.2. The molecule has 2 heterocycles. The van der Waals surface area contributed by atoms with Crippen LogP contribution in [0.3, 0.4) is 0 Å². The first-order chi connectivity index (χ1) is 10.1. The molecule has 8 heteroatoms. The van der Waals surface area contributed by atoms with Crippen molar-refractivity contribution in [3.05, 3.63) is 15.8 Å². The van der Waals surface area contributed by atoms with E-state index in [2.05, 4.69) is 20.6 Å². The fraction of sp³-hybridized carbons (Fsp3) is 0.692. The van der Waals surface area contributed by atoms with E-state index < -0.39 is 4.92 Å². The summed E-state index contributed by atoms with van der Waals surface area (Å²) in [4.78, 5) is 18.9. The molecule has 1 fully saturated rings. The first kappa shape index (κ1) is 15.4. The third-order valence-corrected chi connectivity index (χ3v) is 3.50. The number of aromatic nitrogens is 2. The Labute approximate surface area is 123 Å². The minimum atomic E-state index is -0.450. The highest BCUT2D eigenvalue weighted by molar-refractivity contribution is 5.60. The second kappa shape index (κ2) is 7.16. The van der Waals surface area contributed by atoms with Gasteiger partial charge in [0.1, 0.15) is 5.69 Å². The van der Waals surface area contributed by atoms with Gasteiger partial charge in [0.25, 0.3) is 0 Å². The van der Waals surface area contributed by atoms with E-state index in [0.717, 1.165) is 25.9 Å². The van der Waals surface area contributed by atoms with E-state index in [-0.39, 0.29) is 17.6 Å². The Morgan fingerprint density at radius 1 is 1.43 bits per heavy atom. The third kappa shape index (κ3) is 4.01. The van der Waals surface area contributed by atoms with Crippen molar-refractivity contribution in [2.75, 3.05) is 30.8 Å². The number of nitrogens with zero attached hydrogens (tertiary/aromatic N) is 3. The lowest BCUT2D eigenvalue weighted by atomic mass is 10.1. The van der Waals surface area contributed by atoms with E-state index in [0.29, 0.717) is 18.2 Å². The summed E-state index contributed by atoms with van der Waals surface area (Å²) in [5.41, 5.74) is 0.273. The molecule has 1 aliphatic rings. The third-order valence-electron chi connectivity index (χ3n) is 3.50. The highest BCUT2D eigenvalue weighted by Crippen LogP contribution is 2.26. The zero-order valence-electron chi connectivity index (χ0n) is 12.4. The molecule has 0 amide bonds. The maximum Gasteiger partial charge on any atom is 0.332 e. The minimum absolute atomic E-state index is 0.0708. The predicted molar refractivity (Wildman–Crippen MR) is 79.7 cm³/mol. The molecule has 8 nitrogen and oxygen atoms in total. The van der Waals surface area contributed by atoms with E-state index in [4.69, 9.17) is 4.74 Å². The van der Waals surface area contributed by atoms with E-state index in [1.807, 2.05) is 0 Å². The maximum atomic E-state index is 11.1. The normalized spacial score (nSPS) is 18.3. The number of anilines is 2. The summed E-state index contributed by atoms with van der Waals surface area (Å²) in [6, 6.07) is 0. The van der Waals surface area contributed by atoms with Gasteiger partial charge in [-0.25, -0.2) is 4.98 Å². The van der Waals surface area contributed by atoms with E-state index in [1.54, 1.807) is 14.0 Å². The molecule has 1 aromatic heterocycles. The van der Waals surface area contributed by atoms with Crippen molar-refractivity contribution in [1.82, 2.24) is 9.97 Å². The lowest BCUT2D eigenvalue weighted by molar-refractivity contribution is -0.385. The molecule has 0 aliphatic carbocycles. The smallest absolute Gasteiger partial charge is 0.332 e. The molecule has 1 atom stereocenters. The lowest BCUT2D eigenvalue weighted by Crippen LogP contribution is -2.22. The lowest BCUT2D eigenvalue weighted by Gasteiger charge is -2.22. The van der Waals surface area contributed by atoms with E-state index >= 15 is 0 Å². The monoisotopic (exact) mass is 295 g/mol. The summed E-state index contributed by atoms with van der Waals surface area (Å²) in [7, 11) is 1.68. The van der Waals surface area contributed by atoms with Gasteiger partial charge in [0.15, 0.2) is 0 Å². The quantitative estimate of drug-likeness (QED) is 0.612. The van der Waals surface area contributed by atoms with Crippen LogP contribution in [0.15, 0.2) is 0 Å². The van der Waals surface area contributed by atoms with Gasteiger partial charge in [-0.3, -0.25) is 10.1 Å². The van der Waals surface area contributed by atoms with E-state index in [1.165, 1.54) is 6.42 Å². The Bertz CT molecular complexity index is 503.